The highest BCUT2D eigenvalue weighted by atomic mass is 16.4. The summed E-state index contributed by atoms with van der Waals surface area (Å²) in [6.07, 6.45) is -7.19. The van der Waals surface area contributed by atoms with Crippen LogP contribution in [0.2, 0.25) is 0 Å². The maximum Gasteiger partial charge on any atom is 0.321 e. The first-order chi connectivity index (χ1) is 15.9. The Bertz CT molecular complexity index is 1030. The Hall–Kier alpha value is -3.86. The zero-order chi connectivity index (χ0) is 25.4. The Morgan fingerprint density at radius 1 is 0.794 bits per heavy atom. The highest BCUT2D eigenvalue weighted by Gasteiger charge is 2.30. The summed E-state index contributed by atoms with van der Waals surface area (Å²) in [6.45, 7) is 2.09. The van der Waals surface area contributed by atoms with Crippen LogP contribution in [0, 0.1) is 13.8 Å². The van der Waals surface area contributed by atoms with Crippen LogP contribution in [-0.2, 0) is 0 Å². The molecule has 186 valence electrons. The monoisotopic (exact) mass is 482 g/mol. The number of aromatic nitrogens is 4. The van der Waals surface area contributed by atoms with Crippen LogP contribution in [0.25, 0.3) is 0 Å². The van der Waals surface area contributed by atoms with Gasteiger partial charge in [-0.1, -0.05) is 0 Å². The summed E-state index contributed by atoms with van der Waals surface area (Å²) in [5.74, 6) is -0.274. The van der Waals surface area contributed by atoms with E-state index in [4.69, 9.17) is 0 Å². The number of aryl methyl sites for hydroxylation is 2. The van der Waals surface area contributed by atoms with Gasteiger partial charge in [-0.2, -0.15) is 9.97 Å². The zero-order valence-corrected chi connectivity index (χ0v) is 18.2. The van der Waals surface area contributed by atoms with E-state index in [1.54, 1.807) is 13.8 Å². The lowest BCUT2D eigenvalue weighted by Gasteiger charge is -2.26. The first kappa shape index (κ1) is 26.4. The van der Waals surface area contributed by atoms with Gasteiger partial charge >= 0.3 is 12.1 Å². The van der Waals surface area contributed by atoms with E-state index in [9.17, 15) is 39.6 Å². The molecule has 0 fully saturated rings. The summed E-state index contributed by atoms with van der Waals surface area (Å²) in [4.78, 5) is 58.7. The molecule has 16 heteroatoms. The maximum absolute atomic E-state index is 11.9. The van der Waals surface area contributed by atoms with Gasteiger partial charge < -0.3 is 41.0 Å². The Morgan fingerprint density at radius 3 is 1.47 bits per heavy atom. The lowest BCUT2D eigenvalue weighted by molar-refractivity contribution is -0.101. The summed E-state index contributed by atoms with van der Waals surface area (Å²) < 4.78 is 0. The third kappa shape index (κ3) is 8.24. The summed E-state index contributed by atoms with van der Waals surface area (Å²) in [5.41, 5.74) is -0.253. The van der Waals surface area contributed by atoms with Crippen molar-refractivity contribution in [1.29, 1.82) is 0 Å². The van der Waals surface area contributed by atoms with Crippen molar-refractivity contribution in [3.05, 3.63) is 44.2 Å². The molecule has 2 rings (SSSR count). The molecule has 4 atom stereocenters. The van der Waals surface area contributed by atoms with Crippen molar-refractivity contribution in [2.75, 3.05) is 23.7 Å². The van der Waals surface area contributed by atoms with Crippen LogP contribution >= 0.6 is 0 Å². The van der Waals surface area contributed by atoms with Crippen molar-refractivity contribution in [2.24, 2.45) is 0 Å². The second kappa shape index (κ2) is 11.8. The van der Waals surface area contributed by atoms with Gasteiger partial charge in [0.15, 0.2) is 0 Å². The molecule has 2 aromatic heterocycles. The van der Waals surface area contributed by atoms with E-state index in [0.717, 1.165) is 0 Å². The fourth-order valence-corrected chi connectivity index (χ4v) is 2.67. The average molecular weight is 482 g/mol. The van der Waals surface area contributed by atoms with E-state index in [2.05, 4.69) is 41.2 Å². The summed E-state index contributed by atoms with van der Waals surface area (Å²) >= 11 is 0. The number of rotatable bonds is 9. The summed E-state index contributed by atoms with van der Waals surface area (Å²) in [5, 5.41) is 48.9. The van der Waals surface area contributed by atoms with Crippen LogP contribution in [0.1, 0.15) is 11.4 Å². The number of amides is 4. The van der Waals surface area contributed by atoms with Gasteiger partial charge in [0, 0.05) is 36.6 Å². The van der Waals surface area contributed by atoms with Crippen LogP contribution in [0.15, 0.2) is 21.7 Å². The lowest BCUT2D eigenvalue weighted by Crippen LogP contribution is -2.52. The molecule has 0 bridgehead atoms. The minimum atomic E-state index is -1.90. The molecule has 10 N–H and O–H groups in total. The SMILES string of the molecule is Cc1cc(=O)nc(NC(=O)NCC(O)C(O)C(O)C(O)CNC(=O)Nc2nc(=O)cc(C)[nH]2)[nH]1. The van der Waals surface area contributed by atoms with Gasteiger partial charge in [0.1, 0.15) is 12.2 Å². The molecule has 0 aliphatic carbocycles. The first-order valence-corrected chi connectivity index (χ1v) is 9.92. The van der Waals surface area contributed by atoms with Gasteiger partial charge in [-0.3, -0.25) is 20.2 Å². The third-order valence-corrected chi connectivity index (χ3v) is 4.30. The number of hydrogen-bond acceptors (Lipinski definition) is 10. The number of hydrogen-bond donors (Lipinski definition) is 10. The number of nitrogens with one attached hydrogen (secondary N) is 6. The number of aliphatic hydroxyl groups excluding tert-OH is 4. The van der Waals surface area contributed by atoms with Crippen LogP contribution in [0.3, 0.4) is 0 Å². The van der Waals surface area contributed by atoms with E-state index in [1.807, 2.05) is 0 Å². The minimum Gasteiger partial charge on any atom is -0.388 e. The topological polar surface area (TPSA) is 255 Å². The standard InChI is InChI=1S/C18H26N8O8/c1-7-3-11(29)23-15(21-7)25-17(33)19-5-9(27)13(31)14(32)10(28)6-20-18(34)26-16-22-8(2)4-12(30)24-16/h3-4,9-10,13-14,27-28,31-32H,5-6H2,1-2H3,(H3,19,21,23,25,29,33)(H3,20,22,24,26,30,34). The lowest BCUT2D eigenvalue weighted by atomic mass is 10.0. The summed E-state index contributed by atoms with van der Waals surface area (Å²) in [6, 6.07) is 0.705. The Labute approximate surface area is 191 Å². The number of carbonyl (C=O) groups excluding carboxylic acids is 2. The molecule has 0 spiro atoms. The number of anilines is 2. The van der Waals surface area contributed by atoms with Crippen molar-refractivity contribution in [2.45, 2.75) is 38.3 Å². The fourth-order valence-electron chi connectivity index (χ4n) is 2.67. The van der Waals surface area contributed by atoms with Crippen molar-refractivity contribution in [1.82, 2.24) is 30.6 Å². The van der Waals surface area contributed by atoms with Crippen molar-refractivity contribution < 1.29 is 30.0 Å². The third-order valence-electron chi connectivity index (χ3n) is 4.30. The van der Waals surface area contributed by atoms with Crippen LogP contribution in [0.5, 0.6) is 0 Å². The van der Waals surface area contributed by atoms with Gasteiger partial charge in [-0.05, 0) is 13.8 Å². The molecule has 34 heavy (non-hydrogen) atoms. The quantitative estimate of drug-likeness (QED) is 0.172. The van der Waals surface area contributed by atoms with E-state index < -0.39 is 60.7 Å². The molecule has 2 heterocycles. The molecule has 0 radical (unpaired) electrons. The van der Waals surface area contributed by atoms with Crippen LogP contribution in [0.4, 0.5) is 21.5 Å². The Balaban J connectivity index is 1.78. The first-order valence-electron chi connectivity index (χ1n) is 9.92. The molecule has 2 aromatic rings. The van der Waals surface area contributed by atoms with Gasteiger partial charge in [0.2, 0.25) is 11.9 Å². The molecule has 16 nitrogen and oxygen atoms in total. The van der Waals surface area contributed by atoms with Crippen molar-refractivity contribution in [3.63, 3.8) is 0 Å². The van der Waals surface area contributed by atoms with E-state index in [-0.39, 0.29) is 11.9 Å². The number of nitrogens with zero attached hydrogens (tertiary/aromatic N) is 2. The highest BCUT2D eigenvalue weighted by Crippen LogP contribution is 2.05. The van der Waals surface area contributed by atoms with Gasteiger partial charge in [0.25, 0.3) is 11.1 Å². The molecular formula is C18H26N8O8. The molecule has 0 saturated carbocycles. The predicted octanol–water partition coefficient (Wildman–Crippen LogP) is -3.14. The van der Waals surface area contributed by atoms with E-state index in [1.165, 1.54) is 12.1 Å². The molecular weight excluding hydrogens is 456 g/mol. The van der Waals surface area contributed by atoms with E-state index >= 15 is 0 Å². The maximum atomic E-state index is 11.9. The normalized spacial score (nSPS) is 14.4. The molecule has 0 saturated heterocycles. The molecule has 4 amide bonds. The second-order valence-electron chi connectivity index (χ2n) is 7.29. The van der Waals surface area contributed by atoms with Crippen molar-refractivity contribution >= 4 is 24.0 Å². The number of urea groups is 2. The number of H-pyrrole nitrogens is 2. The summed E-state index contributed by atoms with van der Waals surface area (Å²) in [7, 11) is 0. The van der Waals surface area contributed by atoms with E-state index in [0.29, 0.717) is 11.4 Å². The zero-order valence-electron chi connectivity index (χ0n) is 18.2. The molecule has 0 aliphatic rings. The van der Waals surface area contributed by atoms with Crippen LogP contribution in [-0.4, -0.2) is 89.9 Å². The fraction of sp³-hybridized carbons (Fsp3) is 0.444. The smallest absolute Gasteiger partial charge is 0.321 e. The van der Waals surface area contributed by atoms with Crippen molar-refractivity contribution in [3.8, 4) is 0 Å². The molecule has 0 aliphatic heterocycles. The Morgan fingerprint density at radius 2 is 1.15 bits per heavy atom. The largest absolute Gasteiger partial charge is 0.388 e. The van der Waals surface area contributed by atoms with Gasteiger partial charge in [-0.15, -0.1) is 0 Å². The Kier molecular flexibility index (Phi) is 9.19. The molecule has 4 unspecified atom stereocenters. The van der Waals surface area contributed by atoms with Gasteiger partial charge in [0.05, 0.1) is 12.2 Å². The molecule has 0 aromatic carbocycles. The second-order valence-corrected chi connectivity index (χ2v) is 7.29. The number of aliphatic hydroxyl groups is 4. The predicted molar refractivity (Wildman–Crippen MR) is 117 cm³/mol. The number of carbonyl (C=O) groups is 2. The highest BCUT2D eigenvalue weighted by molar-refractivity contribution is 5.87. The number of aromatic amines is 2. The average Bonchev–Trinajstić information content (AvgIpc) is 2.73. The van der Waals surface area contributed by atoms with Crippen LogP contribution < -0.4 is 32.4 Å². The minimum absolute atomic E-state index is 0.137. The van der Waals surface area contributed by atoms with Gasteiger partial charge in [-0.25, -0.2) is 9.59 Å².